The van der Waals surface area contributed by atoms with E-state index in [-0.39, 0.29) is 40.1 Å². The zero-order valence-electron chi connectivity index (χ0n) is 26.6. The van der Waals surface area contributed by atoms with Crippen molar-refractivity contribution in [2.75, 3.05) is 7.05 Å². The van der Waals surface area contributed by atoms with Crippen molar-refractivity contribution >= 4 is 23.3 Å². The Kier molecular flexibility index (Phi) is 17.7. The van der Waals surface area contributed by atoms with Crippen LogP contribution in [0.1, 0.15) is 130 Å². The van der Waals surface area contributed by atoms with Crippen LogP contribution in [0.25, 0.3) is 0 Å². The summed E-state index contributed by atoms with van der Waals surface area (Å²) in [5, 5.41) is 6.09. The topological polar surface area (TPSA) is 92.3 Å². The summed E-state index contributed by atoms with van der Waals surface area (Å²) in [6, 6.07) is -0.901. The number of ketones is 3. The maximum absolute atomic E-state index is 13.3. The number of likely N-dealkylation sites (N-methyl/N-ethyl adjacent to an activating group) is 1. The first-order chi connectivity index (χ1) is 16.2. The van der Waals surface area contributed by atoms with Crippen molar-refractivity contribution in [3.05, 3.63) is 0 Å². The van der Waals surface area contributed by atoms with E-state index in [1.807, 2.05) is 69.2 Å². The minimum Gasteiger partial charge on any atom is -0.345 e. The van der Waals surface area contributed by atoms with Gasteiger partial charge in [-0.25, -0.2) is 0 Å². The van der Waals surface area contributed by atoms with Crippen molar-refractivity contribution in [3.63, 3.8) is 0 Å². The van der Waals surface area contributed by atoms with E-state index < -0.39 is 16.9 Å². The molecule has 0 aromatic heterocycles. The van der Waals surface area contributed by atoms with Gasteiger partial charge in [0.15, 0.2) is 5.78 Å². The van der Waals surface area contributed by atoms with E-state index in [0.29, 0.717) is 25.7 Å². The molecule has 0 saturated heterocycles. The number of Topliss-reactive ketones (excluding diaryl/α,β-unsaturated/α-hetero) is 3. The second-order valence-corrected chi connectivity index (χ2v) is 12.6. The lowest BCUT2D eigenvalue weighted by molar-refractivity contribution is -0.137. The molecule has 36 heavy (non-hydrogen) atoms. The summed E-state index contributed by atoms with van der Waals surface area (Å²) < 4.78 is 0. The molecule has 6 nitrogen and oxygen atoms in total. The highest BCUT2D eigenvalue weighted by molar-refractivity contribution is 5.90. The first kappa shape index (κ1) is 39.0. The summed E-state index contributed by atoms with van der Waals surface area (Å²) >= 11 is 0. The van der Waals surface area contributed by atoms with Crippen LogP contribution in [0.3, 0.4) is 0 Å². The third-order valence-electron chi connectivity index (χ3n) is 6.26. The molecule has 0 heterocycles. The van der Waals surface area contributed by atoms with Crippen LogP contribution in [0.5, 0.6) is 0 Å². The van der Waals surface area contributed by atoms with Crippen LogP contribution in [0.15, 0.2) is 0 Å². The molecule has 0 fully saturated rings. The van der Waals surface area contributed by atoms with Crippen LogP contribution in [-0.4, -0.2) is 42.4 Å². The molecule has 0 aliphatic carbocycles. The molecule has 6 heteroatoms. The van der Waals surface area contributed by atoms with Crippen LogP contribution in [0.2, 0.25) is 0 Å². The molecule has 214 valence electrons. The number of hydrogen-bond acceptors (Lipinski definition) is 5. The van der Waals surface area contributed by atoms with Crippen LogP contribution in [0, 0.1) is 21.7 Å². The number of carbonyl (C=O) groups is 4. The van der Waals surface area contributed by atoms with E-state index in [4.69, 9.17) is 0 Å². The molecule has 0 rings (SSSR count). The Hall–Kier alpha value is -1.56. The number of nitrogens with one attached hydrogen (secondary N) is 2. The molecule has 0 aromatic rings. The van der Waals surface area contributed by atoms with E-state index in [1.54, 1.807) is 20.9 Å². The molecule has 2 unspecified atom stereocenters. The highest BCUT2D eigenvalue weighted by atomic mass is 16.2. The fourth-order valence-corrected chi connectivity index (χ4v) is 5.60. The minimum atomic E-state index is -0.725. The average Bonchev–Trinajstić information content (AvgIpc) is 2.69. The van der Waals surface area contributed by atoms with E-state index in [2.05, 4.69) is 24.5 Å². The highest BCUT2D eigenvalue weighted by Crippen LogP contribution is 2.41. The van der Waals surface area contributed by atoms with Gasteiger partial charge < -0.3 is 15.4 Å². The Morgan fingerprint density at radius 2 is 1.14 bits per heavy atom. The molecule has 2 atom stereocenters. The number of rotatable bonds is 14. The largest absolute Gasteiger partial charge is 0.345 e. The van der Waals surface area contributed by atoms with Gasteiger partial charge in [-0.1, -0.05) is 83.1 Å². The summed E-state index contributed by atoms with van der Waals surface area (Å²) in [7, 11) is 1.77. The van der Waals surface area contributed by atoms with Gasteiger partial charge in [0.2, 0.25) is 5.91 Å². The van der Waals surface area contributed by atoms with Gasteiger partial charge in [-0.05, 0) is 63.3 Å². The first-order valence-corrected chi connectivity index (χ1v) is 13.6. The molecule has 0 spiro atoms. The third-order valence-corrected chi connectivity index (χ3v) is 6.26. The molecular formula is C30H60N2O4. The molecule has 0 aliphatic rings. The van der Waals surface area contributed by atoms with Crippen molar-refractivity contribution in [1.82, 2.24) is 10.6 Å². The second-order valence-electron chi connectivity index (χ2n) is 12.6. The van der Waals surface area contributed by atoms with Crippen LogP contribution in [0.4, 0.5) is 0 Å². The van der Waals surface area contributed by atoms with E-state index in [9.17, 15) is 19.2 Å². The Balaban J connectivity index is -0.00000258. The monoisotopic (exact) mass is 512 g/mol. The maximum atomic E-state index is 13.3. The summed E-state index contributed by atoms with van der Waals surface area (Å²) in [4.78, 5) is 49.4. The van der Waals surface area contributed by atoms with Crippen molar-refractivity contribution in [2.24, 2.45) is 21.7 Å². The van der Waals surface area contributed by atoms with Gasteiger partial charge in [-0.3, -0.25) is 14.4 Å². The van der Waals surface area contributed by atoms with Crippen LogP contribution >= 0.6 is 0 Å². The number of amides is 1. The lowest BCUT2D eigenvalue weighted by Gasteiger charge is -2.41. The fourth-order valence-electron chi connectivity index (χ4n) is 5.60. The molecule has 1 amide bonds. The quantitative estimate of drug-likeness (QED) is 0.275. The summed E-state index contributed by atoms with van der Waals surface area (Å²) in [5.74, 6) is -0.0756. The van der Waals surface area contributed by atoms with Gasteiger partial charge in [-0.2, -0.15) is 0 Å². The van der Waals surface area contributed by atoms with Gasteiger partial charge in [0.25, 0.3) is 0 Å². The van der Waals surface area contributed by atoms with Crippen molar-refractivity contribution in [3.8, 4) is 0 Å². The van der Waals surface area contributed by atoms with Gasteiger partial charge in [-0.15, -0.1) is 0 Å². The Labute approximate surface area is 223 Å². The highest BCUT2D eigenvalue weighted by Gasteiger charge is 2.42. The predicted molar refractivity (Wildman–Crippen MR) is 153 cm³/mol. The third kappa shape index (κ3) is 14.9. The zero-order chi connectivity index (χ0) is 29.7. The van der Waals surface area contributed by atoms with E-state index in [0.717, 1.165) is 0 Å². The summed E-state index contributed by atoms with van der Waals surface area (Å²) in [6.45, 7) is 28.5. The Morgan fingerprint density at radius 3 is 1.47 bits per heavy atom. The van der Waals surface area contributed by atoms with Crippen LogP contribution in [-0.2, 0) is 19.2 Å². The van der Waals surface area contributed by atoms with Crippen molar-refractivity contribution in [2.45, 2.75) is 142 Å². The Morgan fingerprint density at radius 1 is 0.694 bits per heavy atom. The van der Waals surface area contributed by atoms with Crippen molar-refractivity contribution in [1.29, 1.82) is 0 Å². The normalized spacial score (nSPS) is 13.8. The number of hydrogen-bond donors (Lipinski definition) is 2. The SMILES string of the molecule is CC.CC.CNC(CC(C)(C)CC(C)(C)C(=O)NC(C(C)=O)C(C)(C)CC(C)(C)CC(C)=O)C(C)=O. The van der Waals surface area contributed by atoms with E-state index >= 15 is 0 Å². The molecular weight excluding hydrogens is 452 g/mol. The summed E-state index contributed by atoms with van der Waals surface area (Å²) in [5.41, 5.74) is -1.78. The van der Waals surface area contributed by atoms with Crippen molar-refractivity contribution < 1.29 is 19.2 Å². The average molecular weight is 513 g/mol. The van der Waals surface area contributed by atoms with Crippen LogP contribution < -0.4 is 10.6 Å². The minimum absolute atomic E-state index is 0.0781. The van der Waals surface area contributed by atoms with Gasteiger partial charge >= 0.3 is 0 Å². The predicted octanol–water partition coefficient (Wildman–Crippen LogP) is 6.54. The molecule has 2 N–H and O–H groups in total. The second kappa shape index (κ2) is 16.3. The lowest BCUT2D eigenvalue weighted by atomic mass is 9.68. The molecule has 0 aliphatic heterocycles. The zero-order valence-corrected chi connectivity index (χ0v) is 26.6. The number of carbonyl (C=O) groups excluding carboxylic acids is 4. The van der Waals surface area contributed by atoms with E-state index in [1.165, 1.54) is 6.92 Å². The lowest BCUT2D eigenvalue weighted by Crippen LogP contribution is -2.54. The molecule has 0 saturated carbocycles. The first-order valence-electron chi connectivity index (χ1n) is 13.6. The van der Waals surface area contributed by atoms with Gasteiger partial charge in [0.05, 0.1) is 12.1 Å². The van der Waals surface area contributed by atoms with Gasteiger partial charge in [0.1, 0.15) is 11.6 Å². The fraction of sp³-hybridized carbons (Fsp3) is 0.867. The molecule has 0 bridgehead atoms. The maximum Gasteiger partial charge on any atom is 0.226 e. The smallest absolute Gasteiger partial charge is 0.226 e. The Bertz CT molecular complexity index is 706. The molecule has 0 aromatic carbocycles. The summed E-state index contributed by atoms with van der Waals surface area (Å²) in [6.07, 6.45) is 2.24. The van der Waals surface area contributed by atoms with Gasteiger partial charge in [0, 0.05) is 11.8 Å². The standard InChI is InChI=1S/C26H48N2O4.2C2H6/c1-17(29)13-23(4,5)15-25(8,9)21(19(3)31)28-22(32)26(10,11)16-24(6,7)14-20(27-12)18(2)30;2*1-2/h20-21,27H,13-16H2,1-12H3,(H,28,32);2*1-2H3. The molecule has 0 radical (unpaired) electrons.